The Balaban J connectivity index is 2.04. The van der Waals surface area contributed by atoms with Crippen LogP contribution in [-0.2, 0) is 18.1 Å². The molecule has 8 nitrogen and oxygen atoms in total. The average molecular weight is 438 g/mol. The summed E-state index contributed by atoms with van der Waals surface area (Å²) >= 11 is 0. The lowest BCUT2D eigenvalue weighted by atomic mass is 10.1. The Kier molecular flexibility index (Phi) is 6.11. The summed E-state index contributed by atoms with van der Waals surface area (Å²) in [6, 6.07) is 5.83. The maximum absolute atomic E-state index is 13.8. The van der Waals surface area contributed by atoms with Gasteiger partial charge in [0.15, 0.2) is 0 Å². The fourth-order valence-electron chi connectivity index (χ4n) is 2.82. The van der Waals surface area contributed by atoms with Gasteiger partial charge >= 0.3 is 6.18 Å². The van der Waals surface area contributed by atoms with Crippen LogP contribution in [0.25, 0.3) is 0 Å². The summed E-state index contributed by atoms with van der Waals surface area (Å²) in [6.07, 6.45) is -4.11. The third-order valence-corrected chi connectivity index (χ3v) is 4.16. The van der Waals surface area contributed by atoms with Gasteiger partial charge in [-0.25, -0.2) is 14.9 Å². The Bertz CT molecular complexity index is 1110. The number of nitrogens with zero attached hydrogens (tertiary/aromatic N) is 3. The number of anilines is 4. The molecule has 0 unspecified atom stereocenters. The van der Waals surface area contributed by atoms with Crippen LogP contribution in [0.5, 0.6) is 0 Å². The molecule has 0 aliphatic heterocycles. The Hall–Kier alpha value is -3.67. The SMILES string of the molecule is CONC(=O)c1ccc(F)cc1Nc1cc(Nc2cc(C)nn2C)ncc1C(F)(F)F. The Morgan fingerprint density at radius 3 is 2.48 bits per heavy atom. The molecule has 0 bridgehead atoms. The molecule has 2 heterocycles. The second kappa shape index (κ2) is 8.60. The number of nitrogens with one attached hydrogen (secondary N) is 3. The summed E-state index contributed by atoms with van der Waals surface area (Å²) in [7, 11) is 2.85. The number of carbonyl (C=O) groups is 1. The zero-order valence-corrected chi connectivity index (χ0v) is 16.6. The van der Waals surface area contributed by atoms with Crippen LogP contribution >= 0.6 is 0 Å². The summed E-state index contributed by atoms with van der Waals surface area (Å²) in [6.45, 7) is 1.76. The van der Waals surface area contributed by atoms with Crippen LogP contribution in [0.15, 0.2) is 36.5 Å². The molecule has 164 valence electrons. The van der Waals surface area contributed by atoms with Gasteiger partial charge in [-0.3, -0.25) is 14.3 Å². The predicted octanol–water partition coefficient (Wildman–Crippen LogP) is 4.06. The van der Waals surface area contributed by atoms with E-state index in [1.54, 1.807) is 20.0 Å². The van der Waals surface area contributed by atoms with E-state index in [9.17, 15) is 22.4 Å². The van der Waals surface area contributed by atoms with Crippen LogP contribution in [-0.4, -0.2) is 27.8 Å². The average Bonchev–Trinajstić information content (AvgIpc) is 2.98. The van der Waals surface area contributed by atoms with E-state index in [0.717, 1.165) is 24.3 Å². The molecule has 0 saturated carbocycles. The highest BCUT2D eigenvalue weighted by Gasteiger charge is 2.34. The number of carbonyl (C=O) groups excluding carboxylic acids is 1. The van der Waals surface area contributed by atoms with Gasteiger partial charge in [0, 0.05) is 25.4 Å². The molecule has 2 aromatic heterocycles. The third-order valence-electron chi connectivity index (χ3n) is 4.16. The largest absolute Gasteiger partial charge is 0.419 e. The second-order valence-electron chi connectivity index (χ2n) is 6.48. The van der Waals surface area contributed by atoms with E-state index in [4.69, 9.17) is 0 Å². The van der Waals surface area contributed by atoms with Gasteiger partial charge in [0.1, 0.15) is 17.5 Å². The third kappa shape index (κ3) is 5.09. The van der Waals surface area contributed by atoms with Gasteiger partial charge < -0.3 is 10.6 Å². The number of aryl methyl sites for hydroxylation is 2. The standard InChI is InChI=1S/C19H18F4N6O2/c1-10-6-17(29(2)27-10)26-16-8-15(13(9-24-16)19(21,22)23)25-14-7-11(20)4-5-12(14)18(30)28-31-3/h4-9H,1-3H3,(H,28,30)(H2,24,25,26). The molecule has 31 heavy (non-hydrogen) atoms. The zero-order chi connectivity index (χ0) is 22.8. The highest BCUT2D eigenvalue weighted by molar-refractivity contribution is 5.99. The minimum atomic E-state index is -4.75. The molecular formula is C19H18F4N6O2. The lowest BCUT2D eigenvalue weighted by Gasteiger charge is -2.17. The monoisotopic (exact) mass is 438 g/mol. The molecular weight excluding hydrogens is 420 g/mol. The van der Waals surface area contributed by atoms with Gasteiger partial charge in [-0.1, -0.05) is 0 Å². The van der Waals surface area contributed by atoms with Gasteiger partial charge in [-0.2, -0.15) is 18.3 Å². The molecule has 1 aromatic carbocycles. The lowest BCUT2D eigenvalue weighted by Crippen LogP contribution is -2.23. The number of hydroxylamine groups is 1. The maximum atomic E-state index is 13.8. The minimum Gasteiger partial charge on any atom is -0.354 e. The van der Waals surface area contributed by atoms with Gasteiger partial charge in [-0.15, -0.1) is 0 Å². The quantitative estimate of drug-likeness (QED) is 0.397. The summed E-state index contributed by atoms with van der Waals surface area (Å²) in [5, 5.41) is 9.52. The number of hydrogen-bond donors (Lipinski definition) is 3. The van der Waals surface area contributed by atoms with Crippen LogP contribution in [0.4, 0.5) is 40.6 Å². The van der Waals surface area contributed by atoms with Gasteiger partial charge in [0.25, 0.3) is 5.91 Å². The number of benzene rings is 1. The molecule has 0 atom stereocenters. The lowest BCUT2D eigenvalue weighted by molar-refractivity contribution is -0.137. The summed E-state index contributed by atoms with van der Waals surface area (Å²) in [4.78, 5) is 20.5. The number of amides is 1. The highest BCUT2D eigenvalue weighted by atomic mass is 19.4. The van der Waals surface area contributed by atoms with Crippen LogP contribution in [0.1, 0.15) is 21.6 Å². The first-order valence-corrected chi connectivity index (χ1v) is 8.83. The van der Waals surface area contributed by atoms with Crippen LogP contribution in [0.3, 0.4) is 0 Å². The normalized spacial score (nSPS) is 11.3. The molecule has 0 aliphatic carbocycles. The molecule has 3 rings (SSSR count). The van der Waals surface area contributed by atoms with E-state index in [0.29, 0.717) is 17.7 Å². The number of aromatic nitrogens is 3. The van der Waals surface area contributed by atoms with E-state index in [-0.39, 0.29) is 17.1 Å². The first-order valence-electron chi connectivity index (χ1n) is 8.83. The number of rotatable bonds is 6. The maximum Gasteiger partial charge on any atom is 0.419 e. The fraction of sp³-hybridized carbons (Fsp3) is 0.211. The zero-order valence-electron chi connectivity index (χ0n) is 16.6. The number of alkyl halides is 3. The minimum absolute atomic E-state index is 0.0813. The number of halogens is 4. The second-order valence-corrected chi connectivity index (χ2v) is 6.48. The van der Waals surface area contributed by atoms with Crippen molar-refractivity contribution in [1.82, 2.24) is 20.2 Å². The van der Waals surface area contributed by atoms with Crippen molar-refractivity contribution < 1.29 is 27.2 Å². The molecule has 0 aliphatic rings. The summed E-state index contributed by atoms with van der Waals surface area (Å²) in [5.41, 5.74) is 0.913. The molecule has 1 amide bonds. The van der Waals surface area contributed by atoms with Crippen molar-refractivity contribution in [1.29, 1.82) is 0 Å². The van der Waals surface area contributed by atoms with E-state index in [1.165, 1.54) is 11.8 Å². The van der Waals surface area contributed by atoms with Gasteiger partial charge in [0.05, 0.1) is 35.3 Å². The van der Waals surface area contributed by atoms with Crippen molar-refractivity contribution in [2.45, 2.75) is 13.1 Å². The molecule has 0 saturated heterocycles. The fourth-order valence-corrected chi connectivity index (χ4v) is 2.82. The highest BCUT2D eigenvalue weighted by Crippen LogP contribution is 2.37. The van der Waals surface area contributed by atoms with Crippen molar-refractivity contribution in [3.63, 3.8) is 0 Å². The Labute approximate surface area is 174 Å². The van der Waals surface area contributed by atoms with Crippen molar-refractivity contribution in [3.05, 3.63) is 59.2 Å². The summed E-state index contributed by atoms with van der Waals surface area (Å²) in [5.74, 6) is -0.932. The van der Waals surface area contributed by atoms with E-state index < -0.39 is 29.2 Å². The van der Waals surface area contributed by atoms with E-state index in [1.807, 2.05) is 5.48 Å². The molecule has 3 aromatic rings. The van der Waals surface area contributed by atoms with Crippen molar-refractivity contribution in [3.8, 4) is 0 Å². The first-order chi connectivity index (χ1) is 14.6. The Morgan fingerprint density at radius 1 is 1.13 bits per heavy atom. The van der Waals surface area contributed by atoms with Crippen LogP contribution in [0.2, 0.25) is 0 Å². The van der Waals surface area contributed by atoms with Crippen molar-refractivity contribution >= 4 is 28.9 Å². The summed E-state index contributed by atoms with van der Waals surface area (Å²) < 4.78 is 55.9. The Morgan fingerprint density at radius 2 is 1.87 bits per heavy atom. The molecule has 0 radical (unpaired) electrons. The van der Waals surface area contributed by atoms with Gasteiger partial charge in [0.2, 0.25) is 0 Å². The molecule has 0 spiro atoms. The smallest absolute Gasteiger partial charge is 0.354 e. The first kappa shape index (κ1) is 22.0. The molecule has 3 N–H and O–H groups in total. The van der Waals surface area contributed by atoms with Crippen LogP contribution in [0, 0.1) is 12.7 Å². The van der Waals surface area contributed by atoms with Crippen LogP contribution < -0.4 is 16.1 Å². The van der Waals surface area contributed by atoms with Crippen molar-refractivity contribution in [2.24, 2.45) is 7.05 Å². The topological polar surface area (TPSA) is 93.1 Å². The van der Waals surface area contributed by atoms with E-state index >= 15 is 0 Å². The molecule has 0 fully saturated rings. The predicted molar refractivity (Wildman–Crippen MR) is 105 cm³/mol. The molecule has 12 heteroatoms. The van der Waals surface area contributed by atoms with Gasteiger partial charge in [-0.05, 0) is 25.1 Å². The number of hydrogen-bond acceptors (Lipinski definition) is 6. The number of pyridine rings is 1. The van der Waals surface area contributed by atoms with Crippen molar-refractivity contribution in [2.75, 3.05) is 17.7 Å². The van der Waals surface area contributed by atoms with E-state index in [2.05, 4.69) is 25.6 Å².